The normalized spacial score (nSPS) is 29.4. The summed E-state index contributed by atoms with van der Waals surface area (Å²) in [6.45, 7) is 12.4. The molecule has 12 heteroatoms. The minimum Gasteiger partial charge on any atom is -0.484 e. The number of alkyl halides is 3. The van der Waals surface area contributed by atoms with Crippen molar-refractivity contribution in [2.75, 3.05) is 30.3 Å². The molecular formula is C38H55F3N6O2Si. The van der Waals surface area contributed by atoms with Crippen LogP contribution in [0.5, 0.6) is 5.75 Å². The van der Waals surface area contributed by atoms with Gasteiger partial charge in [0.15, 0.2) is 14.9 Å². The summed E-state index contributed by atoms with van der Waals surface area (Å²) in [4.78, 5) is 8.92. The van der Waals surface area contributed by atoms with Crippen LogP contribution in [0.2, 0.25) is 18.1 Å². The van der Waals surface area contributed by atoms with Gasteiger partial charge in [0.25, 0.3) is 0 Å². The number of benzene rings is 1. The highest BCUT2D eigenvalue weighted by molar-refractivity contribution is 6.74. The van der Waals surface area contributed by atoms with E-state index in [0.717, 1.165) is 24.9 Å². The predicted molar refractivity (Wildman–Crippen MR) is 192 cm³/mol. The minimum atomic E-state index is -4.42. The first kappa shape index (κ1) is 36.9. The lowest BCUT2D eigenvalue weighted by atomic mass is 9.48. The van der Waals surface area contributed by atoms with Crippen LogP contribution in [-0.2, 0) is 11.0 Å². The molecule has 0 aliphatic heterocycles. The summed E-state index contributed by atoms with van der Waals surface area (Å²) >= 11 is 0. The zero-order valence-corrected chi connectivity index (χ0v) is 31.3. The molecule has 0 radical (unpaired) electrons. The molecule has 7 rings (SSSR count). The van der Waals surface area contributed by atoms with E-state index in [4.69, 9.17) is 9.16 Å². The van der Waals surface area contributed by atoms with Gasteiger partial charge in [0, 0.05) is 30.8 Å². The van der Waals surface area contributed by atoms with E-state index in [1.54, 1.807) is 18.2 Å². The Morgan fingerprint density at radius 2 is 1.70 bits per heavy atom. The Labute approximate surface area is 296 Å². The van der Waals surface area contributed by atoms with E-state index in [0.29, 0.717) is 46.9 Å². The molecule has 5 aliphatic rings. The van der Waals surface area contributed by atoms with Gasteiger partial charge in [-0.1, -0.05) is 39.0 Å². The van der Waals surface area contributed by atoms with Crippen molar-refractivity contribution in [1.82, 2.24) is 15.3 Å². The molecule has 1 aromatic heterocycles. The molecule has 5 aliphatic carbocycles. The molecular weight excluding hydrogens is 658 g/mol. The highest BCUT2D eigenvalue weighted by Gasteiger charge is 2.55. The topological polar surface area (TPSA) is 104 Å². The van der Waals surface area contributed by atoms with Crippen LogP contribution in [0.3, 0.4) is 0 Å². The molecule has 0 spiro atoms. The van der Waals surface area contributed by atoms with E-state index in [2.05, 4.69) is 65.9 Å². The monoisotopic (exact) mass is 712 g/mol. The molecule has 1 aromatic carbocycles. The second-order valence-corrected chi connectivity index (χ2v) is 22.0. The maximum absolute atomic E-state index is 12.7. The molecule has 0 saturated heterocycles. The molecule has 274 valence electrons. The minimum absolute atomic E-state index is 0.151. The van der Waals surface area contributed by atoms with Gasteiger partial charge in [0.1, 0.15) is 23.2 Å². The number of nitriles is 1. The first-order valence-electron chi connectivity index (χ1n) is 18.6. The first-order chi connectivity index (χ1) is 23.6. The lowest BCUT2D eigenvalue weighted by molar-refractivity contribution is -0.153. The fraction of sp³-hybridized carbons (Fsp3) is 0.711. The molecule has 5 saturated carbocycles. The van der Waals surface area contributed by atoms with Crippen molar-refractivity contribution in [3.05, 3.63) is 41.6 Å². The molecule has 8 nitrogen and oxygen atoms in total. The predicted octanol–water partition coefficient (Wildman–Crippen LogP) is 8.68. The average Bonchev–Trinajstić information content (AvgIpc) is 3.05. The van der Waals surface area contributed by atoms with E-state index in [-0.39, 0.29) is 22.7 Å². The van der Waals surface area contributed by atoms with Gasteiger partial charge in [0.2, 0.25) is 5.95 Å². The number of ether oxygens (including phenoxy) is 1. The maximum Gasteiger partial charge on any atom is 0.422 e. The van der Waals surface area contributed by atoms with Gasteiger partial charge in [-0.3, -0.25) is 0 Å². The third-order valence-corrected chi connectivity index (χ3v) is 17.0. The van der Waals surface area contributed by atoms with Crippen LogP contribution < -0.4 is 20.7 Å². The van der Waals surface area contributed by atoms with Crippen molar-refractivity contribution < 1.29 is 22.3 Å². The van der Waals surface area contributed by atoms with Gasteiger partial charge in [0.05, 0.1) is 6.20 Å². The Kier molecular flexibility index (Phi) is 10.8. The van der Waals surface area contributed by atoms with Crippen molar-refractivity contribution in [3.63, 3.8) is 0 Å². The van der Waals surface area contributed by atoms with Gasteiger partial charge in [-0.2, -0.15) is 23.4 Å². The van der Waals surface area contributed by atoms with Gasteiger partial charge in [-0.25, -0.2) is 4.98 Å². The molecule has 4 bridgehead atoms. The number of halogens is 3. The Morgan fingerprint density at radius 3 is 2.36 bits per heavy atom. The van der Waals surface area contributed by atoms with Crippen LogP contribution >= 0.6 is 0 Å². The maximum atomic E-state index is 12.7. The summed E-state index contributed by atoms with van der Waals surface area (Å²) < 4.78 is 50.0. The zero-order chi connectivity index (χ0) is 35.7. The number of nitrogens with zero attached hydrogens (tertiary/aromatic N) is 3. The molecule has 5 atom stereocenters. The number of anilines is 2. The molecule has 3 N–H and O–H groups in total. The number of rotatable bonds is 13. The van der Waals surface area contributed by atoms with Gasteiger partial charge in [-0.15, -0.1) is 0 Å². The van der Waals surface area contributed by atoms with Crippen LogP contribution in [0.1, 0.15) is 89.7 Å². The number of aromatic nitrogens is 2. The molecule has 0 amide bonds. The van der Waals surface area contributed by atoms with E-state index in [1.807, 2.05) is 0 Å². The number of hydrogen-bond acceptors (Lipinski definition) is 8. The lowest BCUT2D eigenvalue weighted by Gasteiger charge is -2.60. The zero-order valence-electron chi connectivity index (χ0n) is 30.3. The van der Waals surface area contributed by atoms with Crippen molar-refractivity contribution in [2.45, 2.75) is 122 Å². The summed E-state index contributed by atoms with van der Waals surface area (Å²) in [6.07, 6.45) is 8.56. The molecule has 3 unspecified atom stereocenters. The summed E-state index contributed by atoms with van der Waals surface area (Å²) in [5, 5.41) is 20.8. The summed E-state index contributed by atoms with van der Waals surface area (Å²) in [6, 6.07) is 9.39. The van der Waals surface area contributed by atoms with Crippen molar-refractivity contribution in [3.8, 4) is 11.8 Å². The van der Waals surface area contributed by atoms with Crippen LogP contribution in [0.25, 0.3) is 0 Å². The first-order valence-corrected chi connectivity index (χ1v) is 21.5. The average molecular weight is 713 g/mol. The Morgan fingerprint density at radius 1 is 1.00 bits per heavy atom. The van der Waals surface area contributed by atoms with Crippen molar-refractivity contribution in [1.29, 1.82) is 5.26 Å². The van der Waals surface area contributed by atoms with Crippen molar-refractivity contribution >= 4 is 20.1 Å². The van der Waals surface area contributed by atoms with Crippen LogP contribution in [0, 0.1) is 40.4 Å². The highest BCUT2D eigenvalue weighted by Crippen LogP contribution is 2.60. The smallest absolute Gasteiger partial charge is 0.422 e. The van der Waals surface area contributed by atoms with Crippen LogP contribution in [0.4, 0.5) is 24.9 Å². The fourth-order valence-corrected chi connectivity index (χ4v) is 10.6. The van der Waals surface area contributed by atoms with Gasteiger partial charge < -0.3 is 25.1 Å². The molecule has 1 heterocycles. The molecule has 2 aromatic rings. The van der Waals surface area contributed by atoms with E-state index >= 15 is 0 Å². The second-order valence-electron chi connectivity index (χ2n) is 17.2. The second kappa shape index (κ2) is 14.6. The molecule has 50 heavy (non-hydrogen) atoms. The SMILES string of the molecule is CC(C)(C)[Si](C)(C)OC1CCC(CNC2[C@@H]3CC4C[C@H]2CC(CNc2nc(NCc5ccccc5OCC(F)(F)F)ncc2C#N)(C4)C3)CC1. The lowest BCUT2D eigenvalue weighted by Crippen LogP contribution is -2.60. The van der Waals surface area contributed by atoms with Gasteiger partial charge in [-0.05, 0) is 118 Å². The fourth-order valence-electron chi connectivity index (χ4n) is 9.17. The highest BCUT2D eigenvalue weighted by atomic mass is 28.4. The van der Waals surface area contributed by atoms with Crippen molar-refractivity contribution in [2.24, 2.45) is 29.1 Å². The van der Waals surface area contributed by atoms with Crippen LogP contribution in [0.15, 0.2) is 30.5 Å². The number of para-hydroxylation sites is 1. The standard InChI is InChI=1S/C38H55F3N6O2Si/c1-36(2,3)50(4,5)49-31-12-10-25(11-13-31)20-43-33-28-14-26-15-29(33)18-37(16-26,17-28)23-46-34-30(19-42)22-45-35(47-34)44-21-27-8-6-7-9-32(27)48-24-38(39,40)41/h6-9,22,25-26,28-29,31,33,43H,10-18,20-21,23-24H2,1-5H3,(H2,44,45,46,47)/t25?,26?,28-,29+,31?,33?,37?. The third kappa shape index (κ3) is 8.76. The number of nitrogens with one attached hydrogen (secondary N) is 3. The van der Waals surface area contributed by atoms with E-state index in [9.17, 15) is 18.4 Å². The Balaban J connectivity index is 1.01. The quantitative estimate of drug-likeness (QED) is 0.177. The largest absolute Gasteiger partial charge is 0.484 e. The van der Waals surface area contributed by atoms with Crippen LogP contribution in [-0.4, -0.2) is 56.3 Å². The molecule has 5 fully saturated rings. The summed E-state index contributed by atoms with van der Waals surface area (Å²) in [5.74, 6) is 3.79. The van der Waals surface area contributed by atoms with Gasteiger partial charge >= 0.3 is 6.18 Å². The van der Waals surface area contributed by atoms with E-state index in [1.165, 1.54) is 70.1 Å². The van der Waals surface area contributed by atoms with E-state index < -0.39 is 21.1 Å². The third-order valence-electron chi connectivity index (χ3n) is 12.4. The summed E-state index contributed by atoms with van der Waals surface area (Å²) in [5.41, 5.74) is 1.12. The Hall–Kier alpha value is -2.88. The number of hydrogen-bond donors (Lipinski definition) is 3. The summed E-state index contributed by atoms with van der Waals surface area (Å²) in [7, 11) is -1.73. The Bertz CT molecular complexity index is 1500.